The van der Waals surface area contributed by atoms with Crippen LogP contribution in [0.5, 0.6) is 17.2 Å². The van der Waals surface area contributed by atoms with Crippen LogP contribution in [0.1, 0.15) is 31.3 Å². The maximum Gasteiger partial charge on any atom is 0.325 e. The first kappa shape index (κ1) is 21.6. The van der Waals surface area contributed by atoms with Crippen LogP contribution in [0.25, 0.3) is 10.8 Å². The third-order valence-electron chi connectivity index (χ3n) is 3.91. The number of fused-ring (bicyclic) bond motifs is 1. The maximum atomic E-state index is 12.5. The molecule has 2 N–H and O–H groups in total. The van der Waals surface area contributed by atoms with E-state index in [1.165, 1.54) is 0 Å². The van der Waals surface area contributed by atoms with Crippen molar-refractivity contribution < 1.29 is 24.2 Å². The molecule has 3 rings (SSSR count). The molecule has 1 aromatic heterocycles. The Hall–Kier alpha value is -3.13. The highest BCUT2D eigenvalue weighted by Crippen LogP contribution is 2.35. The van der Waals surface area contributed by atoms with Crippen molar-refractivity contribution in [2.45, 2.75) is 26.4 Å². The summed E-state index contributed by atoms with van der Waals surface area (Å²) in [6.45, 7) is 4.86. The van der Waals surface area contributed by atoms with Gasteiger partial charge in [0, 0.05) is 10.8 Å². The van der Waals surface area contributed by atoms with Crippen LogP contribution in [-0.4, -0.2) is 34.1 Å². The molecule has 7 nitrogen and oxygen atoms in total. The number of pyridine rings is 1. The SMILES string of the molecule is CC(C)(C)OC(=O)CNC(=O)c1nc(Br)c2cc(Oc3ccccc3)ccc2c1O. The molecule has 8 heteroatoms. The zero-order chi connectivity index (χ0) is 21.9. The highest BCUT2D eigenvalue weighted by atomic mass is 79.9. The normalized spacial score (nSPS) is 11.2. The number of hydrogen-bond donors (Lipinski definition) is 2. The number of nitrogens with zero attached hydrogens (tertiary/aromatic N) is 1. The highest BCUT2D eigenvalue weighted by Gasteiger charge is 2.21. The fourth-order valence-corrected chi connectivity index (χ4v) is 3.20. The second-order valence-electron chi connectivity index (χ2n) is 7.49. The Balaban J connectivity index is 1.82. The van der Waals surface area contributed by atoms with E-state index >= 15 is 0 Å². The first-order chi connectivity index (χ1) is 14.1. The van der Waals surface area contributed by atoms with E-state index in [2.05, 4.69) is 26.2 Å². The number of para-hydroxylation sites is 1. The molecule has 0 saturated carbocycles. The average molecular weight is 473 g/mol. The van der Waals surface area contributed by atoms with Crippen molar-refractivity contribution >= 4 is 38.6 Å². The summed E-state index contributed by atoms with van der Waals surface area (Å²) in [5.74, 6) is -0.342. The number of carbonyl (C=O) groups excluding carboxylic acids is 2. The Morgan fingerprint density at radius 2 is 1.77 bits per heavy atom. The van der Waals surface area contributed by atoms with E-state index in [0.717, 1.165) is 0 Å². The number of halogens is 1. The lowest BCUT2D eigenvalue weighted by Crippen LogP contribution is -2.35. The topological polar surface area (TPSA) is 97.8 Å². The summed E-state index contributed by atoms with van der Waals surface area (Å²) in [6, 6.07) is 14.3. The van der Waals surface area contributed by atoms with E-state index in [0.29, 0.717) is 26.9 Å². The molecule has 0 aliphatic carbocycles. The summed E-state index contributed by atoms with van der Waals surface area (Å²) in [4.78, 5) is 28.4. The van der Waals surface area contributed by atoms with Gasteiger partial charge in [-0.15, -0.1) is 0 Å². The molecule has 30 heavy (non-hydrogen) atoms. The summed E-state index contributed by atoms with van der Waals surface area (Å²) in [7, 11) is 0. The molecule has 0 aliphatic heterocycles. The lowest BCUT2D eigenvalue weighted by Gasteiger charge is -2.19. The number of rotatable bonds is 5. The van der Waals surface area contributed by atoms with Gasteiger partial charge in [0.2, 0.25) is 0 Å². The molecule has 156 valence electrons. The number of benzene rings is 2. The Labute approximate surface area is 182 Å². The quantitative estimate of drug-likeness (QED) is 0.416. The molecule has 2 aromatic carbocycles. The molecule has 0 fully saturated rings. The van der Waals surface area contributed by atoms with Crippen LogP contribution in [0.4, 0.5) is 0 Å². The van der Waals surface area contributed by atoms with Crippen LogP contribution in [0.3, 0.4) is 0 Å². The molecule has 3 aromatic rings. The summed E-state index contributed by atoms with van der Waals surface area (Å²) in [5.41, 5.74) is -0.858. The van der Waals surface area contributed by atoms with Gasteiger partial charge in [0.15, 0.2) is 11.4 Å². The number of aromatic nitrogens is 1. The highest BCUT2D eigenvalue weighted by molar-refractivity contribution is 9.10. The molecule has 0 saturated heterocycles. The van der Waals surface area contributed by atoms with Gasteiger partial charge in [0.25, 0.3) is 5.91 Å². The van der Waals surface area contributed by atoms with E-state index < -0.39 is 17.5 Å². The first-order valence-corrected chi connectivity index (χ1v) is 9.98. The zero-order valence-corrected chi connectivity index (χ0v) is 18.3. The van der Waals surface area contributed by atoms with E-state index in [1.807, 2.05) is 30.3 Å². The predicted molar refractivity (Wildman–Crippen MR) is 116 cm³/mol. The maximum absolute atomic E-state index is 12.5. The monoisotopic (exact) mass is 472 g/mol. The number of amides is 1. The third-order valence-corrected chi connectivity index (χ3v) is 4.51. The van der Waals surface area contributed by atoms with Gasteiger partial charge in [-0.2, -0.15) is 0 Å². The summed E-state index contributed by atoms with van der Waals surface area (Å²) < 4.78 is 11.3. The van der Waals surface area contributed by atoms with E-state index in [9.17, 15) is 14.7 Å². The summed E-state index contributed by atoms with van der Waals surface area (Å²) in [6.07, 6.45) is 0. The molecular formula is C22H21BrN2O5. The second-order valence-corrected chi connectivity index (χ2v) is 8.24. The van der Waals surface area contributed by atoms with Crippen molar-refractivity contribution in [1.82, 2.24) is 10.3 Å². The Bertz CT molecular complexity index is 1090. The molecule has 1 amide bonds. The van der Waals surface area contributed by atoms with Crippen LogP contribution in [-0.2, 0) is 9.53 Å². The number of carbonyl (C=O) groups is 2. The van der Waals surface area contributed by atoms with Crippen molar-refractivity contribution in [1.29, 1.82) is 0 Å². The van der Waals surface area contributed by atoms with Crippen LogP contribution in [0.15, 0.2) is 53.1 Å². The Kier molecular flexibility index (Phi) is 6.26. The van der Waals surface area contributed by atoms with Crippen LogP contribution >= 0.6 is 15.9 Å². The molecule has 0 unspecified atom stereocenters. The van der Waals surface area contributed by atoms with E-state index in [4.69, 9.17) is 9.47 Å². The first-order valence-electron chi connectivity index (χ1n) is 9.19. The third kappa shape index (κ3) is 5.27. The second kappa shape index (κ2) is 8.71. The van der Waals surface area contributed by atoms with Gasteiger partial charge in [-0.25, -0.2) is 4.98 Å². The standard InChI is InChI=1S/C22H21BrN2O5/c1-22(2,3)30-17(26)12-24-21(28)18-19(27)15-10-9-14(11-16(15)20(23)25-18)29-13-7-5-4-6-8-13/h4-11,27H,12H2,1-3H3,(H,24,28). The Morgan fingerprint density at radius 1 is 1.07 bits per heavy atom. The van der Waals surface area contributed by atoms with Gasteiger partial charge in [-0.3, -0.25) is 9.59 Å². The zero-order valence-electron chi connectivity index (χ0n) is 16.7. The van der Waals surface area contributed by atoms with Crippen LogP contribution in [0.2, 0.25) is 0 Å². The molecule has 0 atom stereocenters. The number of ether oxygens (including phenoxy) is 2. The van der Waals surface area contributed by atoms with Crippen molar-refractivity contribution in [2.24, 2.45) is 0 Å². The van der Waals surface area contributed by atoms with Crippen LogP contribution < -0.4 is 10.1 Å². The van der Waals surface area contributed by atoms with Gasteiger partial charge in [0.1, 0.15) is 28.2 Å². The molecule has 0 radical (unpaired) electrons. The van der Waals surface area contributed by atoms with Crippen molar-refractivity contribution in [3.8, 4) is 17.2 Å². The van der Waals surface area contributed by atoms with Crippen LogP contribution in [0, 0.1) is 0 Å². The fraction of sp³-hybridized carbons (Fsp3) is 0.227. The molecular weight excluding hydrogens is 452 g/mol. The van der Waals surface area contributed by atoms with Gasteiger partial charge >= 0.3 is 5.97 Å². The van der Waals surface area contributed by atoms with Gasteiger partial charge in [-0.05, 0) is 67.0 Å². The predicted octanol–water partition coefficient (Wildman–Crippen LogP) is 4.57. The molecule has 0 bridgehead atoms. The lowest BCUT2D eigenvalue weighted by atomic mass is 10.1. The summed E-state index contributed by atoms with van der Waals surface area (Å²) in [5, 5.41) is 14.0. The number of esters is 1. The van der Waals surface area contributed by atoms with Crippen molar-refractivity contribution in [3.05, 3.63) is 58.8 Å². The largest absolute Gasteiger partial charge is 0.505 e. The van der Waals surface area contributed by atoms with Gasteiger partial charge in [-0.1, -0.05) is 18.2 Å². The van der Waals surface area contributed by atoms with Crippen molar-refractivity contribution in [3.63, 3.8) is 0 Å². The molecule has 0 aliphatic rings. The number of aromatic hydroxyl groups is 1. The number of nitrogens with one attached hydrogen (secondary N) is 1. The van der Waals surface area contributed by atoms with Gasteiger partial charge in [0.05, 0.1) is 0 Å². The van der Waals surface area contributed by atoms with E-state index in [-0.39, 0.29) is 18.0 Å². The van der Waals surface area contributed by atoms with E-state index in [1.54, 1.807) is 39.0 Å². The molecule has 1 heterocycles. The van der Waals surface area contributed by atoms with Gasteiger partial charge < -0.3 is 19.9 Å². The number of hydrogen-bond acceptors (Lipinski definition) is 6. The lowest BCUT2D eigenvalue weighted by molar-refractivity contribution is -0.153. The summed E-state index contributed by atoms with van der Waals surface area (Å²) >= 11 is 3.34. The Morgan fingerprint density at radius 3 is 2.43 bits per heavy atom. The van der Waals surface area contributed by atoms with Crippen molar-refractivity contribution in [2.75, 3.05) is 6.54 Å². The minimum Gasteiger partial charge on any atom is -0.505 e. The minimum absolute atomic E-state index is 0.199. The average Bonchev–Trinajstić information content (AvgIpc) is 2.68. The fourth-order valence-electron chi connectivity index (χ4n) is 2.70. The smallest absolute Gasteiger partial charge is 0.325 e. The minimum atomic E-state index is -0.689. The molecule has 0 spiro atoms.